The van der Waals surface area contributed by atoms with Gasteiger partial charge in [0.05, 0.1) is 22.8 Å². The van der Waals surface area contributed by atoms with Gasteiger partial charge >= 0.3 is 0 Å². The van der Waals surface area contributed by atoms with Crippen LogP contribution in [0.4, 0.5) is 0 Å². The summed E-state index contributed by atoms with van der Waals surface area (Å²) in [7, 11) is 0. The van der Waals surface area contributed by atoms with Crippen LogP contribution in [0.15, 0.2) is 67.0 Å². The van der Waals surface area contributed by atoms with Crippen molar-refractivity contribution < 1.29 is 0 Å². The SMILES string of the molecule is CC.c1ccc(-c2cccc(-c3ccccn3)n2)nc1. The number of nitrogens with zero attached hydrogens (tertiary/aromatic N) is 3. The van der Waals surface area contributed by atoms with E-state index < -0.39 is 0 Å². The molecule has 0 saturated carbocycles. The van der Waals surface area contributed by atoms with E-state index in [2.05, 4.69) is 15.0 Å². The second kappa shape index (κ2) is 7.14. The molecule has 0 aliphatic carbocycles. The molecule has 0 aliphatic rings. The second-order valence-electron chi connectivity index (χ2n) is 3.84. The highest BCUT2D eigenvalue weighted by Gasteiger charge is 2.03. The Hall–Kier alpha value is -2.55. The van der Waals surface area contributed by atoms with Gasteiger partial charge in [-0.1, -0.05) is 32.0 Å². The molecule has 0 atom stereocenters. The third-order valence-corrected chi connectivity index (χ3v) is 2.60. The van der Waals surface area contributed by atoms with Gasteiger partial charge in [-0.3, -0.25) is 9.97 Å². The number of hydrogen-bond acceptors (Lipinski definition) is 3. The summed E-state index contributed by atoms with van der Waals surface area (Å²) in [5, 5.41) is 0. The van der Waals surface area contributed by atoms with E-state index in [9.17, 15) is 0 Å². The minimum absolute atomic E-state index is 0.860. The topological polar surface area (TPSA) is 38.7 Å². The van der Waals surface area contributed by atoms with Gasteiger partial charge in [-0.2, -0.15) is 0 Å². The third kappa shape index (κ3) is 3.26. The minimum Gasteiger partial charge on any atom is -0.255 e. The van der Waals surface area contributed by atoms with Crippen LogP contribution in [0.25, 0.3) is 22.8 Å². The van der Waals surface area contributed by atoms with Crippen molar-refractivity contribution in [3.05, 3.63) is 67.0 Å². The van der Waals surface area contributed by atoms with Crippen LogP contribution in [-0.4, -0.2) is 15.0 Å². The molecular formula is C17H17N3. The van der Waals surface area contributed by atoms with Crippen molar-refractivity contribution in [1.82, 2.24) is 15.0 Å². The van der Waals surface area contributed by atoms with Gasteiger partial charge in [0.2, 0.25) is 0 Å². The summed E-state index contributed by atoms with van der Waals surface area (Å²) in [5.74, 6) is 0. The van der Waals surface area contributed by atoms with Gasteiger partial charge in [0.25, 0.3) is 0 Å². The van der Waals surface area contributed by atoms with Gasteiger partial charge in [-0.15, -0.1) is 0 Å². The molecule has 3 heterocycles. The zero-order valence-electron chi connectivity index (χ0n) is 11.7. The molecule has 0 saturated heterocycles. The van der Waals surface area contributed by atoms with E-state index in [1.54, 1.807) is 12.4 Å². The largest absolute Gasteiger partial charge is 0.255 e. The van der Waals surface area contributed by atoms with Crippen molar-refractivity contribution in [1.29, 1.82) is 0 Å². The lowest BCUT2D eigenvalue weighted by Gasteiger charge is -2.03. The molecule has 0 unspecified atom stereocenters. The maximum Gasteiger partial charge on any atom is 0.0894 e. The van der Waals surface area contributed by atoms with Crippen molar-refractivity contribution in [2.45, 2.75) is 13.8 Å². The van der Waals surface area contributed by atoms with Crippen molar-refractivity contribution in [2.24, 2.45) is 0 Å². The molecule has 3 rings (SSSR count). The molecule has 3 heteroatoms. The van der Waals surface area contributed by atoms with E-state index in [0.29, 0.717) is 0 Å². The molecule has 20 heavy (non-hydrogen) atoms. The third-order valence-electron chi connectivity index (χ3n) is 2.60. The lowest BCUT2D eigenvalue weighted by Crippen LogP contribution is -1.90. The van der Waals surface area contributed by atoms with E-state index >= 15 is 0 Å². The molecule has 0 radical (unpaired) electrons. The van der Waals surface area contributed by atoms with Crippen molar-refractivity contribution in [2.75, 3.05) is 0 Å². The first kappa shape index (κ1) is 13.9. The Labute approximate surface area is 119 Å². The molecule has 0 aliphatic heterocycles. The highest BCUT2D eigenvalue weighted by Crippen LogP contribution is 2.19. The molecule has 0 amide bonds. The Morgan fingerprint density at radius 3 is 1.40 bits per heavy atom. The van der Waals surface area contributed by atoms with E-state index in [-0.39, 0.29) is 0 Å². The monoisotopic (exact) mass is 263 g/mol. The number of hydrogen-bond donors (Lipinski definition) is 0. The Morgan fingerprint density at radius 1 is 0.550 bits per heavy atom. The molecule has 3 aromatic heterocycles. The highest BCUT2D eigenvalue weighted by atomic mass is 14.8. The van der Waals surface area contributed by atoms with E-state index in [1.165, 1.54) is 0 Å². The first-order valence-corrected chi connectivity index (χ1v) is 6.73. The molecular weight excluding hydrogens is 246 g/mol. The minimum atomic E-state index is 0.860. The fraction of sp³-hybridized carbons (Fsp3) is 0.118. The number of aromatic nitrogens is 3. The Morgan fingerprint density at radius 2 is 1.00 bits per heavy atom. The van der Waals surface area contributed by atoms with Crippen molar-refractivity contribution in [3.8, 4) is 22.8 Å². The summed E-state index contributed by atoms with van der Waals surface area (Å²) in [6.45, 7) is 4.00. The van der Waals surface area contributed by atoms with Crippen LogP contribution in [0.3, 0.4) is 0 Å². The average molecular weight is 263 g/mol. The fourth-order valence-electron chi connectivity index (χ4n) is 1.75. The first-order valence-electron chi connectivity index (χ1n) is 6.73. The summed E-state index contributed by atoms with van der Waals surface area (Å²) in [6.07, 6.45) is 3.54. The zero-order chi connectivity index (χ0) is 14.2. The maximum atomic E-state index is 4.59. The second-order valence-corrected chi connectivity index (χ2v) is 3.84. The van der Waals surface area contributed by atoms with E-state index in [1.807, 2.05) is 68.4 Å². The molecule has 3 nitrogen and oxygen atoms in total. The van der Waals surface area contributed by atoms with Crippen LogP contribution >= 0.6 is 0 Å². The van der Waals surface area contributed by atoms with Crippen molar-refractivity contribution >= 4 is 0 Å². The molecule has 0 N–H and O–H groups in total. The smallest absolute Gasteiger partial charge is 0.0894 e. The van der Waals surface area contributed by atoms with Gasteiger partial charge in [0.1, 0.15) is 0 Å². The molecule has 3 aromatic rings. The first-order chi connectivity index (χ1) is 9.93. The van der Waals surface area contributed by atoms with Gasteiger partial charge in [0.15, 0.2) is 0 Å². The van der Waals surface area contributed by atoms with Gasteiger partial charge in [-0.05, 0) is 36.4 Å². The van der Waals surface area contributed by atoms with E-state index in [4.69, 9.17) is 0 Å². The molecule has 100 valence electrons. The predicted octanol–water partition coefficient (Wildman–Crippen LogP) is 4.23. The molecule has 0 bridgehead atoms. The number of rotatable bonds is 2. The standard InChI is InChI=1S/C15H11N3.C2H6/c1-3-10-16-12(6-1)14-8-5-9-15(18-14)13-7-2-4-11-17-13;1-2/h1-11H;1-2H3. The summed E-state index contributed by atoms with van der Waals surface area (Å²) in [5.41, 5.74) is 3.46. The Kier molecular flexibility index (Phi) is 4.95. The lowest BCUT2D eigenvalue weighted by atomic mass is 10.2. The van der Waals surface area contributed by atoms with Crippen LogP contribution in [-0.2, 0) is 0 Å². The van der Waals surface area contributed by atoms with Gasteiger partial charge < -0.3 is 0 Å². The summed E-state index contributed by atoms with van der Waals surface area (Å²) < 4.78 is 0. The molecule has 0 fully saturated rings. The lowest BCUT2D eigenvalue weighted by molar-refractivity contribution is 1.22. The quantitative estimate of drug-likeness (QED) is 0.694. The number of pyridine rings is 3. The Balaban J connectivity index is 0.000000704. The summed E-state index contributed by atoms with van der Waals surface area (Å²) in [4.78, 5) is 13.2. The van der Waals surface area contributed by atoms with Crippen LogP contribution in [0, 0.1) is 0 Å². The summed E-state index contributed by atoms with van der Waals surface area (Å²) in [6, 6.07) is 17.5. The molecule has 0 aromatic carbocycles. The van der Waals surface area contributed by atoms with Gasteiger partial charge in [0, 0.05) is 12.4 Å². The van der Waals surface area contributed by atoms with Crippen molar-refractivity contribution in [3.63, 3.8) is 0 Å². The normalized spacial score (nSPS) is 9.50. The van der Waals surface area contributed by atoms with Crippen LogP contribution in [0.1, 0.15) is 13.8 Å². The average Bonchev–Trinajstić information content (AvgIpc) is 2.58. The Bertz CT molecular complexity index is 582. The molecule has 0 spiro atoms. The van der Waals surface area contributed by atoms with Gasteiger partial charge in [-0.25, -0.2) is 4.98 Å². The fourth-order valence-corrected chi connectivity index (χ4v) is 1.75. The van der Waals surface area contributed by atoms with Crippen LogP contribution < -0.4 is 0 Å². The van der Waals surface area contributed by atoms with Crippen LogP contribution in [0.5, 0.6) is 0 Å². The summed E-state index contributed by atoms with van der Waals surface area (Å²) >= 11 is 0. The predicted molar refractivity (Wildman–Crippen MR) is 82.0 cm³/mol. The van der Waals surface area contributed by atoms with E-state index in [0.717, 1.165) is 22.8 Å². The maximum absolute atomic E-state index is 4.59. The zero-order valence-corrected chi connectivity index (χ0v) is 11.7. The van der Waals surface area contributed by atoms with Crippen LogP contribution in [0.2, 0.25) is 0 Å². The highest BCUT2D eigenvalue weighted by molar-refractivity contribution is 5.61.